The molecule has 3 aromatic carbocycles. The molecule has 170 valence electrons. The molecule has 0 saturated carbocycles. The van der Waals surface area contributed by atoms with Crippen molar-refractivity contribution < 1.29 is 37.7 Å². The van der Waals surface area contributed by atoms with Crippen molar-refractivity contribution >= 4 is 11.9 Å². The normalized spacial score (nSPS) is 21.4. The van der Waals surface area contributed by atoms with E-state index in [-0.39, 0.29) is 11.1 Å². The maximum Gasteiger partial charge on any atom is 0.338 e. The lowest BCUT2D eigenvalue weighted by Crippen LogP contribution is -2.44. The van der Waals surface area contributed by atoms with Gasteiger partial charge in [0.05, 0.1) is 11.1 Å². The van der Waals surface area contributed by atoms with Gasteiger partial charge in [-0.3, -0.25) is 0 Å². The Bertz CT molecular complexity index is 1100. The van der Waals surface area contributed by atoms with E-state index in [1.165, 1.54) is 24.3 Å². The van der Waals surface area contributed by atoms with Crippen molar-refractivity contribution in [2.45, 2.75) is 24.4 Å². The van der Waals surface area contributed by atoms with Crippen molar-refractivity contribution in [2.75, 3.05) is 6.61 Å². The van der Waals surface area contributed by atoms with Crippen molar-refractivity contribution in [1.82, 2.24) is 0 Å². The summed E-state index contributed by atoms with van der Waals surface area (Å²) in [7, 11) is 0. The largest absolute Gasteiger partial charge is 0.459 e. The number of carbonyl (C=O) groups excluding carboxylic acids is 2. The maximum absolute atomic E-state index is 14.5. The predicted molar refractivity (Wildman–Crippen MR) is 114 cm³/mol. The van der Waals surface area contributed by atoms with Crippen LogP contribution in [0.1, 0.15) is 20.7 Å². The quantitative estimate of drug-likeness (QED) is 0.565. The third-order valence-corrected chi connectivity index (χ3v) is 5.20. The van der Waals surface area contributed by atoms with Gasteiger partial charge in [0.25, 0.3) is 0 Å². The van der Waals surface area contributed by atoms with Gasteiger partial charge in [0, 0.05) is 0 Å². The highest BCUT2D eigenvalue weighted by atomic mass is 19.3. The Balaban J connectivity index is 1.44. The number of benzene rings is 3. The Kier molecular flexibility index (Phi) is 6.48. The van der Waals surface area contributed by atoms with E-state index < -0.39 is 43.0 Å². The number of aliphatic hydroxyl groups excluding tert-OH is 1. The Morgan fingerprint density at radius 3 is 2.00 bits per heavy atom. The molecule has 3 atom stereocenters. The summed E-state index contributed by atoms with van der Waals surface area (Å²) < 4.78 is 43.8. The number of halogens is 2. The molecule has 1 N–H and O–H groups in total. The van der Waals surface area contributed by atoms with Gasteiger partial charge in [-0.1, -0.05) is 60.7 Å². The molecule has 3 aromatic rings. The van der Waals surface area contributed by atoms with Gasteiger partial charge in [0.1, 0.15) is 12.7 Å². The van der Waals surface area contributed by atoms with Crippen molar-refractivity contribution in [2.24, 2.45) is 0 Å². The number of carbonyl (C=O) groups is 2. The van der Waals surface area contributed by atoms with Gasteiger partial charge in [-0.15, -0.1) is 0 Å². The SMILES string of the molecule is O=C(OC[C@H]1OC(O)C(F)(F)[C@@H]1OC(=O)c1ccc(-c2ccccc2)cc1)c1ccccc1. The fraction of sp³-hybridized carbons (Fsp3) is 0.200. The van der Waals surface area contributed by atoms with Crippen molar-refractivity contribution in [3.63, 3.8) is 0 Å². The monoisotopic (exact) mass is 454 g/mol. The van der Waals surface area contributed by atoms with Crippen LogP contribution in [-0.2, 0) is 14.2 Å². The Hall–Kier alpha value is -3.62. The molecule has 8 heteroatoms. The molecule has 1 aliphatic heterocycles. The molecule has 0 bridgehead atoms. The second-order valence-electron chi connectivity index (χ2n) is 7.44. The van der Waals surface area contributed by atoms with Crippen molar-refractivity contribution in [1.29, 1.82) is 0 Å². The van der Waals surface area contributed by atoms with Crippen LogP contribution in [0.4, 0.5) is 8.78 Å². The molecule has 1 heterocycles. The summed E-state index contributed by atoms with van der Waals surface area (Å²) in [6, 6.07) is 23.6. The van der Waals surface area contributed by atoms with Crippen LogP contribution < -0.4 is 0 Å². The third-order valence-electron chi connectivity index (χ3n) is 5.20. The number of aliphatic hydroxyl groups is 1. The number of ether oxygens (including phenoxy) is 3. The third kappa shape index (κ3) is 4.92. The van der Waals surface area contributed by atoms with E-state index in [1.807, 2.05) is 30.3 Å². The minimum Gasteiger partial charge on any atom is -0.459 e. The predicted octanol–water partition coefficient (Wildman–Crippen LogP) is 4.09. The summed E-state index contributed by atoms with van der Waals surface area (Å²) in [5.74, 6) is -5.66. The van der Waals surface area contributed by atoms with Gasteiger partial charge in [0.2, 0.25) is 6.29 Å². The van der Waals surface area contributed by atoms with Gasteiger partial charge in [0.15, 0.2) is 6.10 Å². The van der Waals surface area contributed by atoms with Gasteiger partial charge in [-0.05, 0) is 35.4 Å². The molecule has 1 aliphatic rings. The Morgan fingerprint density at radius 2 is 1.36 bits per heavy atom. The molecule has 1 saturated heterocycles. The van der Waals surface area contributed by atoms with Crippen LogP contribution in [0.3, 0.4) is 0 Å². The van der Waals surface area contributed by atoms with E-state index in [9.17, 15) is 23.5 Å². The zero-order valence-corrected chi connectivity index (χ0v) is 17.3. The maximum atomic E-state index is 14.5. The molecule has 4 rings (SSSR count). The smallest absolute Gasteiger partial charge is 0.338 e. The zero-order chi connectivity index (χ0) is 23.4. The lowest BCUT2D eigenvalue weighted by molar-refractivity contribution is -0.199. The first-order valence-electron chi connectivity index (χ1n) is 10.2. The molecule has 1 fully saturated rings. The summed E-state index contributed by atoms with van der Waals surface area (Å²) >= 11 is 0. The molecular formula is C25H20F2O6. The Labute approximate surface area is 188 Å². The fourth-order valence-corrected chi connectivity index (χ4v) is 3.43. The van der Waals surface area contributed by atoms with Crippen molar-refractivity contribution in [3.05, 3.63) is 96.1 Å². The van der Waals surface area contributed by atoms with E-state index in [0.717, 1.165) is 11.1 Å². The van der Waals surface area contributed by atoms with E-state index >= 15 is 0 Å². The molecular weight excluding hydrogens is 434 g/mol. The summed E-state index contributed by atoms with van der Waals surface area (Å²) in [5, 5.41) is 9.62. The number of rotatable bonds is 6. The average Bonchev–Trinajstić information content (AvgIpc) is 3.06. The fourth-order valence-electron chi connectivity index (χ4n) is 3.43. The van der Waals surface area contributed by atoms with Crippen LogP contribution in [-0.4, -0.2) is 48.1 Å². The molecule has 0 aromatic heterocycles. The molecule has 33 heavy (non-hydrogen) atoms. The van der Waals surface area contributed by atoms with Crippen LogP contribution in [0, 0.1) is 0 Å². The number of alkyl halides is 2. The first-order valence-corrected chi connectivity index (χ1v) is 10.2. The first kappa shape index (κ1) is 22.6. The minimum absolute atomic E-state index is 0.0481. The van der Waals surface area contributed by atoms with E-state index in [0.29, 0.717) is 0 Å². The van der Waals surface area contributed by atoms with Gasteiger partial charge in [-0.2, -0.15) is 8.78 Å². The van der Waals surface area contributed by atoms with Crippen molar-refractivity contribution in [3.8, 4) is 11.1 Å². The summed E-state index contributed by atoms with van der Waals surface area (Å²) in [6.07, 6.45) is -6.19. The van der Waals surface area contributed by atoms with E-state index in [2.05, 4.69) is 0 Å². The molecule has 0 radical (unpaired) electrons. The van der Waals surface area contributed by atoms with Crippen LogP contribution in [0.5, 0.6) is 0 Å². The van der Waals surface area contributed by atoms with Crippen LogP contribution in [0.2, 0.25) is 0 Å². The highest BCUT2D eigenvalue weighted by Gasteiger charge is 2.61. The highest BCUT2D eigenvalue weighted by molar-refractivity contribution is 5.90. The second kappa shape index (κ2) is 9.48. The van der Waals surface area contributed by atoms with Gasteiger partial charge >= 0.3 is 17.9 Å². The molecule has 0 amide bonds. The molecule has 1 unspecified atom stereocenters. The van der Waals surface area contributed by atoms with E-state index in [1.54, 1.807) is 30.3 Å². The lowest BCUT2D eigenvalue weighted by Gasteiger charge is -2.22. The second-order valence-corrected chi connectivity index (χ2v) is 7.44. The van der Waals surface area contributed by atoms with E-state index in [4.69, 9.17) is 14.2 Å². The summed E-state index contributed by atoms with van der Waals surface area (Å²) in [6.45, 7) is -0.634. The van der Waals surface area contributed by atoms with Gasteiger partial charge in [-0.25, -0.2) is 9.59 Å². The summed E-state index contributed by atoms with van der Waals surface area (Å²) in [4.78, 5) is 24.7. The lowest BCUT2D eigenvalue weighted by atomic mass is 10.0. The molecule has 6 nitrogen and oxygen atoms in total. The number of hydrogen-bond acceptors (Lipinski definition) is 6. The van der Waals surface area contributed by atoms with Crippen LogP contribution in [0.15, 0.2) is 84.9 Å². The number of esters is 2. The van der Waals surface area contributed by atoms with Crippen LogP contribution >= 0.6 is 0 Å². The minimum atomic E-state index is -3.89. The summed E-state index contributed by atoms with van der Waals surface area (Å²) in [5.41, 5.74) is 2.03. The average molecular weight is 454 g/mol. The van der Waals surface area contributed by atoms with Gasteiger partial charge < -0.3 is 19.3 Å². The zero-order valence-electron chi connectivity index (χ0n) is 17.3. The molecule has 0 aliphatic carbocycles. The standard InChI is InChI=1S/C25H20F2O6/c26-25(27)21(20(32-24(25)30)15-31-22(28)18-9-5-2-6-10-18)33-23(29)19-13-11-17(12-14-19)16-7-3-1-4-8-16/h1-14,20-21,24,30H,15H2/t20-,21-,24?/m1/s1. The van der Waals surface area contributed by atoms with Crippen LogP contribution in [0.25, 0.3) is 11.1 Å². The topological polar surface area (TPSA) is 82.1 Å². The first-order chi connectivity index (χ1) is 15.9. The molecule has 0 spiro atoms. The number of hydrogen-bond donors (Lipinski definition) is 1. The highest BCUT2D eigenvalue weighted by Crippen LogP contribution is 2.37. The Morgan fingerprint density at radius 1 is 0.818 bits per heavy atom.